The normalized spacial score (nSPS) is 17.6. The van der Waals surface area contributed by atoms with Crippen molar-refractivity contribution in [1.82, 2.24) is 15.6 Å². The molecule has 3 aromatic rings. The third-order valence-corrected chi connectivity index (χ3v) is 6.66. The number of ether oxygens (including phenoxy) is 2. The maximum atomic E-state index is 12.9. The lowest BCUT2D eigenvalue weighted by atomic mass is 9.90. The Morgan fingerprint density at radius 1 is 0.971 bits per heavy atom. The lowest BCUT2D eigenvalue weighted by molar-refractivity contribution is -0.121. The summed E-state index contributed by atoms with van der Waals surface area (Å²) in [6.07, 6.45) is 4.00. The molecule has 2 aromatic carbocycles. The molecule has 178 valence electrons. The van der Waals surface area contributed by atoms with Crippen molar-refractivity contribution in [2.24, 2.45) is 0 Å². The average Bonchev–Trinajstić information content (AvgIpc) is 3.34. The van der Waals surface area contributed by atoms with Gasteiger partial charge in [-0.1, -0.05) is 43.2 Å². The first-order valence-electron chi connectivity index (χ1n) is 11.5. The summed E-state index contributed by atoms with van der Waals surface area (Å²) >= 11 is 1.40. The maximum absolute atomic E-state index is 12.9. The van der Waals surface area contributed by atoms with Gasteiger partial charge in [0.05, 0.1) is 13.5 Å². The first-order valence-corrected chi connectivity index (χ1v) is 12.3. The molecule has 1 heterocycles. The van der Waals surface area contributed by atoms with Crippen molar-refractivity contribution in [2.45, 2.75) is 50.8 Å². The summed E-state index contributed by atoms with van der Waals surface area (Å²) in [5.74, 6) is 1.25. The first-order chi connectivity index (χ1) is 16.6. The van der Waals surface area contributed by atoms with Gasteiger partial charge in [0.15, 0.2) is 0 Å². The van der Waals surface area contributed by atoms with E-state index in [1.54, 1.807) is 12.5 Å². The van der Waals surface area contributed by atoms with Crippen molar-refractivity contribution in [1.29, 1.82) is 0 Å². The number of amides is 2. The number of nitrogens with zero attached hydrogens (tertiary/aromatic N) is 1. The van der Waals surface area contributed by atoms with Gasteiger partial charge in [0.1, 0.15) is 28.8 Å². The number of aromatic nitrogens is 1. The molecule has 2 unspecified atom stereocenters. The first kappa shape index (κ1) is 23.8. The van der Waals surface area contributed by atoms with E-state index in [0.29, 0.717) is 12.3 Å². The van der Waals surface area contributed by atoms with Crippen molar-refractivity contribution in [3.05, 3.63) is 76.2 Å². The zero-order valence-corrected chi connectivity index (χ0v) is 20.0. The fourth-order valence-corrected chi connectivity index (χ4v) is 4.73. The van der Waals surface area contributed by atoms with E-state index in [-0.39, 0.29) is 30.3 Å². The minimum Gasteiger partial charge on any atom is -0.497 e. The van der Waals surface area contributed by atoms with Gasteiger partial charge in [0, 0.05) is 17.5 Å². The zero-order chi connectivity index (χ0) is 23.8. The SMILES string of the molecule is COc1ccc(CC(=O)NC2CCCCC2NC(=O)c2csc(COc3ccccc3)n2)cc1. The van der Waals surface area contributed by atoms with Gasteiger partial charge in [-0.15, -0.1) is 11.3 Å². The fraction of sp³-hybridized carbons (Fsp3) is 0.346. The number of methoxy groups -OCH3 is 1. The smallest absolute Gasteiger partial charge is 0.271 e. The number of nitrogens with one attached hydrogen (secondary N) is 2. The summed E-state index contributed by atoms with van der Waals surface area (Å²) in [4.78, 5) is 29.9. The number of rotatable bonds is 9. The van der Waals surface area contributed by atoms with E-state index in [0.717, 1.165) is 47.8 Å². The van der Waals surface area contributed by atoms with E-state index in [1.165, 1.54) is 11.3 Å². The molecule has 1 aliphatic rings. The number of benzene rings is 2. The molecule has 1 fully saturated rings. The van der Waals surface area contributed by atoms with Crippen molar-refractivity contribution in [3.63, 3.8) is 0 Å². The highest BCUT2D eigenvalue weighted by atomic mass is 32.1. The molecule has 1 saturated carbocycles. The van der Waals surface area contributed by atoms with Gasteiger partial charge in [-0.2, -0.15) is 0 Å². The van der Waals surface area contributed by atoms with Gasteiger partial charge in [-0.3, -0.25) is 9.59 Å². The van der Waals surface area contributed by atoms with E-state index in [9.17, 15) is 9.59 Å². The minimum absolute atomic E-state index is 0.0506. The minimum atomic E-state index is -0.219. The molecule has 0 spiro atoms. The summed E-state index contributed by atoms with van der Waals surface area (Å²) in [7, 11) is 1.62. The quantitative estimate of drug-likeness (QED) is 0.482. The van der Waals surface area contributed by atoms with Gasteiger partial charge in [-0.25, -0.2) is 4.98 Å². The second-order valence-corrected chi connectivity index (χ2v) is 9.23. The molecule has 2 atom stereocenters. The maximum Gasteiger partial charge on any atom is 0.271 e. The molecule has 0 radical (unpaired) electrons. The van der Waals surface area contributed by atoms with E-state index < -0.39 is 0 Å². The van der Waals surface area contributed by atoms with Crippen molar-refractivity contribution in [2.75, 3.05) is 7.11 Å². The highest BCUT2D eigenvalue weighted by Gasteiger charge is 2.28. The Labute approximate surface area is 203 Å². The van der Waals surface area contributed by atoms with Crippen LogP contribution in [-0.4, -0.2) is 36.0 Å². The lowest BCUT2D eigenvalue weighted by Crippen LogP contribution is -2.53. The van der Waals surface area contributed by atoms with Crippen LogP contribution in [0.15, 0.2) is 60.0 Å². The number of thiazole rings is 1. The second-order valence-electron chi connectivity index (χ2n) is 8.29. The van der Waals surface area contributed by atoms with Crippen LogP contribution in [0.3, 0.4) is 0 Å². The van der Waals surface area contributed by atoms with Crippen LogP contribution in [-0.2, 0) is 17.8 Å². The molecule has 0 bridgehead atoms. The molecular formula is C26H29N3O4S. The Balaban J connectivity index is 1.30. The molecule has 2 amide bonds. The summed E-state index contributed by atoms with van der Waals surface area (Å²) in [5, 5.41) is 8.70. The topological polar surface area (TPSA) is 89.6 Å². The standard InChI is InChI=1S/C26H29N3O4S/c1-32-19-13-11-18(12-14-19)15-24(30)27-21-9-5-6-10-22(21)29-26(31)23-17-34-25(28-23)16-33-20-7-3-2-4-8-20/h2-4,7-8,11-14,17,21-22H,5-6,9-10,15-16H2,1H3,(H,27,30)(H,29,31). The summed E-state index contributed by atoms with van der Waals surface area (Å²) in [6.45, 7) is 0.315. The summed E-state index contributed by atoms with van der Waals surface area (Å²) < 4.78 is 10.9. The van der Waals surface area contributed by atoms with Crippen LogP contribution in [0.2, 0.25) is 0 Å². The Kier molecular flexibility index (Phi) is 8.14. The third-order valence-electron chi connectivity index (χ3n) is 5.84. The van der Waals surface area contributed by atoms with Gasteiger partial charge in [-0.05, 0) is 42.7 Å². The number of hydrogen-bond donors (Lipinski definition) is 2. The fourth-order valence-electron chi connectivity index (χ4n) is 4.05. The molecule has 1 aromatic heterocycles. The van der Waals surface area contributed by atoms with Crippen LogP contribution >= 0.6 is 11.3 Å². The van der Waals surface area contributed by atoms with Crippen molar-refractivity contribution in [3.8, 4) is 11.5 Å². The van der Waals surface area contributed by atoms with Gasteiger partial charge >= 0.3 is 0 Å². The van der Waals surface area contributed by atoms with E-state index in [1.807, 2.05) is 54.6 Å². The van der Waals surface area contributed by atoms with Crippen LogP contribution in [0.4, 0.5) is 0 Å². The predicted octanol–water partition coefficient (Wildman–Crippen LogP) is 4.13. The second kappa shape index (κ2) is 11.7. The zero-order valence-electron chi connectivity index (χ0n) is 19.2. The molecule has 1 aliphatic carbocycles. The van der Waals surface area contributed by atoms with E-state index in [4.69, 9.17) is 9.47 Å². The average molecular weight is 480 g/mol. The predicted molar refractivity (Wildman–Crippen MR) is 131 cm³/mol. The van der Waals surface area contributed by atoms with Crippen LogP contribution in [0, 0.1) is 0 Å². The van der Waals surface area contributed by atoms with Crippen molar-refractivity contribution < 1.29 is 19.1 Å². The molecular weight excluding hydrogens is 450 g/mol. The molecule has 8 heteroatoms. The Morgan fingerprint density at radius 2 is 1.68 bits per heavy atom. The van der Waals surface area contributed by atoms with Crippen LogP contribution < -0.4 is 20.1 Å². The number of para-hydroxylation sites is 1. The highest BCUT2D eigenvalue weighted by molar-refractivity contribution is 7.09. The molecule has 0 aliphatic heterocycles. The Hall–Kier alpha value is -3.39. The number of carbonyl (C=O) groups excluding carboxylic acids is 2. The van der Waals surface area contributed by atoms with Crippen LogP contribution in [0.25, 0.3) is 0 Å². The molecule has 7 nitrogen and oxygen atoms in total. The lowest BCUT2D eigenvalue weighted by Gasteiger charge is -2.32. The molecule has 2 N–H and O–H groups in total. The van der Waals surface area contributed by atoms with E-state index in [2.05, 4.69) is 15.6 Å². The van der Waals surface area contributed by atoms with Gasteiger partial charge in [0.2, 0.25) is 5.91 Å². The van der Waals surface area contributed by atoms with E-state index >= 15 is 0 Å². The van der Waals surface area contributed by atoms with Crippen molar-refractivity contribution >= 4 is 23.2 Å². The summed E-state index contributed by atoms with van der Waals surface area (Å²) in [6, 6.07) is 16.8. The summed E-state index contributed by atoms with van der Waals surface area (Å²) in [5.41, 5.74) is 1.30. The largest absolute Gasteiger partial charge is 0.497 e. The number of hydrogen-bond acceptors (Lipinski definition) is 6. The Bertz CT molecular complexity index is 1080. The monoisotopic (exact) mass is 479 g/mol. The van der Waals surface area contributed by atoms with Crippen LogP contribution in [0.5, 0.6) is 11.5 Å². The van der Waals surface area contributed by atoms with Crippen LogP contribution in [0.1, 0.15) is 46.7 Å². The molecule has 34 heavy (non-hydrogen) atoms. The number of carbonyl (C=O) groups is 2. The highest BCUT2D eigenvalue weighted by Crippen LogP contribution is 2.21. The van der Waals surface area contributed by atoms with Gasteiger partial charge < -0.3 is 20.1 Å². The molecule has 4 rings (SSSR count). The third kappa shape index (κ3) is 6.57. The van der Waals surface area contributed by atoms with Gasteiger partial charge in [0.25, 0.3) is 5.91 Å². The Morgan fingerprint density at radius 3 is 2.38 bits per heavy atom. The molecule has 0 saturated heterocycles.